The first kappa shape index (κ1) is 25.2. The Balaban J connectivity index is 1.68. The van der Waals surface area contributed by atoms with Gasteiger partial charge in [0.2, 0.25) is 17.7 Å². The normalized spacial score (nSPS) is 18.0. The number of aromatic amines is 2. The van der Waals surface area contributed by atoms with Crippen molar-refractivity contribution >= 4 is 36.3 Å². The van der Waals surface area contributed by atoms with Gasteiger partial charge < -0.3 is 36.3 Å². The van der Waals surface area contributed by atoms with Gasteiger partial charge in [0.15, 0.2) is 0 Å². The molecule has 3 heterocycles. The lowest BCUT2D eigenvalue weighted by atomic mass is 10.1. The first-order valence-electron chi connectivity index (χ1n) is 10.8. The van der Waals surface area contributed by atoms with Crippen molar-refractivity contribution in [3.05, 3.63) is 36.4 Å². The lowest BCUT2D eigenvalue weighted by Crippen LogP contribution is -2.58. The van der Waals surface area contributed by atoms with E-state index in [2.05, 4.69) is 53.8 Å². The Hall–Kier alpha value is -3.39. The number of nitrogens with zero attached hydrogens (tertiary/aromatic N) is 2. The van der Waals surface area contributed by atoms with Gasteiger partial charge in [-0.1, -0.05) is 0 Å². The summed E-state index contributed by atoms with van der Waals surface area (Å²) in [5.74, 6) is -2.84. The molecule has 1 aliphatic rings. The molecule has 0 saturated carbocycles. The average Bonchev–Trinajstić information content (AvgIpc) is 3.59. The van der Waals surface area contributed by atoms with E-state index in [1.165, 1.54) is 25.0 Å². The largest absolute Gasteiger partial charge is 0.480 e. The molecule has 0 bridgehead atoms. The predicted molar refractivity (Wildman–Crippen MR) is 123 cm³/mol. The van der Waals surface area contributed by atoms with Gasteiger partial charge in [-0.05, 0) is 19.4 Å². The van der Waals surface area contributed by atoms with Crippen molar-refractivity contribution in [2.75, 3.05) is 12.3 Å². The number of hydrogen-bond donors (Lipinski definition) is 8. The summed E-state index contributed by atoms with van der Waals surface area (Å²) in [5.41, 5.74) is 1.09. The molecule has 184 valence electrons. The number of carboxylic acid groups (broad SMARTS) is 1. The van der Waals surface area contributed by atoms with E-state index in [0.717, 1.165) is 13.0 Å². The van der Waals surface area contributed by atoms with Gasteiger partial charge in [-0.15, -0.1) is 0 Å². The third-order valence-corrected chi connectivity index (χ3v) is 5.76. The van der Waals surface area contributed by atoms with Crippen LogP contribution in [-0.4, -0.2) is 85.2 Å². The molecule has 3 rings (SSSR count). The topological polar surface area (TPSA) is 194 Å². The molecular weight excluding hydrogens is 464 g/mol. The first-order valence-corrected chi connectivity index (χ1v) is 11.4. The van der Waals surface area contributed by atoms with Gasteiger partial charge in [-0.2, -0.15) is 12.6 Å². The molecule has 0 aromatic carbocycles. The van der Waals surface area contributed by atoms with Gasteiger partial charge in [0.05, 0.1) is 18.7 Å². The highest BCUT2D eigenvalue weighted by Gasteiger charge is 2.31. The van der Waals surface area contributed by atoms with E-state index in [-0.39, 0.29) is 30.5 Å². The van der Waals surface area contributed by atoms with Crippen LogP contribution in [0, 0.1) is 0 Å². The molecule has 4 unspecified atom stereocenters. The number of nitrogens with one attached hydrogen (secondary N) is 6. The SMILES string of the molecule is O=C(O)C(Cc1cnc[nH]1)NC(=O)C(Cc1cnc[nH]1)NC(=O)C(CS)NC(=O)C1CCCN1. The van der Waals surface area contributed by atoms with Crippen molar-refractivity contribution in [1.29, 1.82) is 0 Å². The Bertz CT molecular complexity index is 962. The van der Waals surface area contributed by atoms with Crippen LogP contribution in [-0.2, 0) is 32.0 Å². The molecule has 0 spiro atoms. The van der Waals surface area contributed by atoms with Crippen LogP contribution in [0.5, 0.6) is 0 Å². The van der Waals surface area contributed by atoms with E-state index in [9.17, 15) is 24.3 Å². The Morgan fingerprint density at radius 3 is 2.06 bits per heavy atom. The highest BCUT2D eigenvalue weighted by Crippen LogP contribution is 2.07. The van der Waals surface area contributed by atoms with Crippen LogP contribution in [0.4, 0.5) is 0 Å². The van der Waals surface area contributed by atoms with E-state index in [1.807, 2.05) is 0 Å². The van der Waals surface area contributed by atoms with E-state index in [0.29, 0.717) is 17.8 Å². The molecule has 2 aromatic rings. The van der Waals surface area contributed by atoms with Crippen LogP contribution < -0.4 is 21.3 Å². The summed E-state index contributed by atoms with van der Waals surface area (Å²) in [6.07, 6.45) is 7.34. The van der Waals surface area contributed by atoms with E-state index >= 15 is 0 Å². The fraction of sp³-hybridized carbons (Fsp3) is 0.500. The molecule has 1 fully saturated rings. The number of carbonyl (C=O) groups excluding carboxylic acids is 3. The molecule has 13 nitrogen and oxygen atoms in total. The van der Waals surface area contributed by atoms with Crippen molar-refractivity contribution in [1.82, 2.24) is 41.2 Å². The predicted octanol–water partition coefficient (Wildman–Crippen LogP) is -1.86. The number of hydrogen-bond acceptors (Lipinski definition) is 8. The number of aromatic nitrogens is 4. The Kier molecular flexibility index (Phi) is 9.04. The second-order valence-electron chi connectivity index (χ2n) is 7.92. The van der Waals surface area contributed by atoms with Crippen LogP contribution in [0.15, 0.2) is 25.0 Å². The fourth-order valence-corrected chi connectivity index (χ4v) is 3.82. The summed E-state index contributed by atoms with van der Waals surface area (Å²) < 4.78 is 0. The Morgan fingerprint density at radius 2 is 1.56 bits per heavy atom. The molecule has 2 aromatic heterocycles. The van der Waals surface area contributed by atoms with Gasteiger partial charge in [0.1, 0.15) is 18.1 Å². The third-order valence-electron chi connectivity index (χ3n) is 5.40. The third kappa shape index (κ3) is 7.05. The molecule has 0 aliphatic carbocycles. The zero-order chi connectivity index (χ0) is 24.5. The number of aliphatic carboxylic acids is 1. The zero-order valence-electron chi connectivity index (χ0n) is 18.3. The summed E-state index contributed by atoms with van der Waals surface area (Å²) in [6, 6.07) is -3.72. The molecule has 34 heavy (non-hydrogen) atoms. The molecule has 1 saturated heterocycles. The van der Waals surface area contributed by atoms with Crippen LogP contribution in [0.25, 0.3) is 0 Å². The van der Waals surface area contributed by atoms with E-state index < -0.39 is 35.9 Å². The molecule has 4 atom stereocenters. The minimum Gasteiger partial charge on any atom is -0.480 e. The zero-order valence-corrected chi connectivity index (χ0v) is 19.2. The Labute approximate surface area is 200 Å². The van der Waals surface area contributed by atoms with Gasteiger partial charge in [0.25, 0.3) is 0 Å². The maximum absolute atomic E-state index is 13.0. The fourth-order valence-electron chi connectivity index (χ4n) is 3.56. The second kappa shape index (κ2) is 12.2. The van der Waals surface area contributed by atoms with Crippen molar-refractivity contribution in [2.24, 2.45) is 0 Å². The molecule has 3 amide bonds. The Morgan fingerprint density at radius 1 is 0.971 bits per heavy atom. The van der Waals surface area contributed by atoms with Crippen molar-refractivity contribution in [3.63, 3.8) is 0 Å². The van der Waals surface area contributed by atoms with Gasteiger partial charge in [-0.25, -0.2) is 14.8 Å². The van der Waals surface area contributed by atoms with Crippen molar-refractivity contribution < 1.29 is 24.3 Å². The maximum Gasteiger partial charge on any atom is 0.326 e. The summed E-state index contributed by atoms with van der Waals surface area (Å²) in [5, 5.41) is 20.3. The second-order valence-corrected chi connectivity index (χ2v) is 8.28. The van der Waals surface area contributed by atoms with Crippen LogP contribution in [0.1, 0.15) is 24.2 Å². The summed E-state index contributed by atoms with van der Waals surface area (Å²) >= 11 is 4.17. The van der Waals surface area contributed by atoms with Gasteiger partial charge in [0, 0.05) is 42.4 Å². The number of carboxylic acids is 1. The van der Waals surface area contributed by atoms with Crippen LogP contribution >= 0.6 is 12.6 Å². The van der Waals surface area contributed by atoms with Gasteiger partial charge in [-0.3, -0.25) is 14.4 Å². The van der Waals surface area contributed by atoms with E-state index in [1.54, 1.807) is 0 Å². The quantitative estimate of drug-likeness (QED) is 0.158. The molecule has 0 radical (unpaired) electrons. The number of H-pyrrole nitrogens is 2. The number of imidazole rings is 2. The number of rotatable bonds is 12. The molecular formula is C20H28N8O5S. The highest BCUT2D eigenvalue weighted by atomic mass is 32.1. The minimum absolute atomic E-state index is 0.0142. The molecule has 14 heteroatoms. The maximum atomic E-state index is 13.0. The summed E-state index contributed by atoms with van der Waals surface area (Å²) in [4.78, 5) is 63.5. The average molecular weight is 493 g/mol. The van der Waals surface area contributed by atoms with E-state index in [4.69, 9.17) is 0 Å². The van der Waals surface area contributed by atoms with Crippen LogP contribution in [0.3, 0.4) is 0 Å². The van der Waals surface area contributed by atoms with Crippen molar-refractivity contribution in [3.8, 4) is 0 Å². The summed E-state index contributed by atoms with van der Waals surface area (Å²) in [7, 11) is 0. The highest BCUT2D eigenvalue weighted by molar-refractivity contribution is 7.80. The minimum atomic E-state index is -1.25. The standard InChI is InChI=1S/C20H28N8O5S/c29-17(13-2-1-3-23-13)28-16(8-34)19(31)26-14(4-11-6-21-9-24-11)18(30)27-15(20(32)33)5-12-7-22-10-25-12/h6-7,9-10,13-16,23,34H,1-5,8H2,(H,21,24)(H,22,25)(H,26,31)(H,27,30)(H,28,29)(H,32,33). The van der Waals surface area contributed by atoms with Gasteiger partial charge >= 0.3 is 5.97 Å². The lowest BCUT2D eigenvalue weighted by Gasteiger charge is -2.24. The summed E-state index contributed by atoms with van der Waals surface area (Å²) in [6.45, 7) is 0.728. The number of thiol groups is 1. The lowest BCUT2D eigenvalue weighted by molar-refractivity contribution is -0.142. The number of carbonyl (C=O) groups is 4. The molecule has 1 aliphatic heterocycles. The smallest absolute Gasteiger partial charge is 0.326 e. The monoisotopic (exact) mass is 492 g/mol. The first-order chi connectivity index (χ1) is 16.4. The molecule has 7 N–H and O–H groups in total. The van der Waals surface area contributed by atoms with Crippen LogP contribution in [0.2, 0.25) is 0 Å². The number of amides is 3. The van der Waals surface area contributed by atoms with Crippen molar-refractivity contribution in [2.45, 2.75) is 49.9 Å².